The van der Waals surface area contributed by atoms with E-state index in [1.54, 1.807) is 0 Å². The molecule has 0 amide bonds. The molecule has 1 aliphatic heterocycles. The number of rotatable bonds is 1. The monoisotopic (exact) mass is 304 g/mol. The number of ether oxygens (including phenoxy) is 1. The summed E-state index contributed by atoms with van der Waals surface area (Å²) in [5.41, 5.74) is 1.11. The third-order valence-electron chi connectivity index (χ3n) is 2.24. The standard InChI is InChI=1S/C10H9IO3/c11-7-2-4-8-6(5-7)1-3-9(14-8)10(12)13/h2,4-5,9H,1,3H2,(H,12,13)/t9-/m0/s1. The van der Waals surface area contributed by atoms with Gasteiger partial charge >= 0.3 is 5.97 Å². The Balaban J connectivity index is 2.27. The molecule has 1 N–H and O–H groups in total. The fraction of sp³-hybridized carbons (Fsp3) is 0.300. The predicted octanol–water partition coefficient (Wildman–Crippen LogP) is 2.07. The summed E-state index contributed by atoms with van der Waals surface area (Å²) in [5, 5.41) is 8.79. The highest BCUT2D eigenvalue weighted by atomic mass is 127. The van der Waals surface area contributed by atoms with Crippen molar-refractivity contribution in [3.05, 3.63) is 27.3 Å². The molecule has 0 aromatic heterocycles. The lowest BCUT2D eigenvalue weighted by Gasteiger charge is -2.23. The summed E-state index contributed by atoms with van der Waals surface area (Å²) < 4.78 is 6.50. The van der Waals surface area contributed by atoms with Crippen molar-refractivity contribution in [2.24, 2.45) is 0 Å². The highest BCUT2D eigenvalue weighted by molar-refractivity contribution is 14.1. The number of aliphatic carboxylic acids is 1. The summed E-state index contributed by atoms with van der Waals surface area (Å²) in [5.74, 6) is -0.168. The molecular weight excluding hydrogens is 295 g/mol. The van der Waals surface area contributed by atoms with E-state index in [1.165, 1.54) is 0 Å². The zero-order chi connectivity index (χ0) is 10.1. The van der Waals surface area contributed by atoms with Crippen LogP contribution in [0.3, 0.4) is 0 Å². The molecule has 0 saturated carbocycles. The van der Waals surface area contributed by atoms with Gasteiger partial charge in [0.2, 0.25) is 0 Å². The Labute approximate surface area is 95.2 Å². The number of benzene rings is 1. The second kappa shape index (κ2) is 3.76. The van der Waals surface area contributed by atoms with Gasteiger partial charge in [0.1, 0.15) is 5.75 Å². The Morgan fingerprint density at radius 3 is 3.07 bits per heavy atom. The van der Waals surface area contributed by atoms with Gasteiger partial charge in [-0.15, -0.1) is 0 Å². The lowest BCUT2D eigenvalue weighted by atomic mass is 10.0. The first-order valence-corrected chi connectivity index (χ1v) is 5.42. The van der Waals surface area contributed by atoms with Crippen molar-refractivity contribution in [2.75, 3.05) is 0 Å². The third-order valence-corrected chi connectivity index (χ3v) is 2.91. The SMILES string of the molecule is O=C(O)[C@@H]1CCc2cc(I)ccc2O1. The summed E-state index contributed by atoms with van der Waals surface area (Å²) in [6, 6.07) is 5.80. The van der Waals surface area contributed by atoms with Crippen LogP contribution in [0.5, 0.6) is 5.75 Å². The Morgan fingerprint density at radius 1 is 1.57 bits per heavy atom. The number of halogens is 1. The van der Waals surface area contributed by atoms with Gasteiger partial charge in [0.15, 0.2) is 6.10 Å². The van der Waals surface area contributed by atoms with Gasteiger partial charge in [0, 0.05) is 3.57 Å². The lowest BCUT2D eigenvalue weighted by Crippen LogP contribution is -2.30. The third kappa shape index (κ3) is 1.84. The molecule has 0 fully saturated rings. The van der Waals surface area contributed by atoms with E-state index in [4.69, 9.17) is 9.84 Å². The minimum Gasteiger partial charge on any atom is -0.479 e. The van der Waals surface area contributed by atoms with Gasteiger partial charge in [-0.1, -0.05) is 0 Å². The Kier molecular flexibility index (Phi) is 2.62. The summed E-state index contributed by atoms with van der Waals surface area (Å²) in [6.07, 6.45) is 0.661. The van der Waals surface area contributed by atoms with Gasteiger partial charge in [0.05, 0.1) is 0 Å². The van der Waals surface area contributed by atoms with E-state index in [-0.39, 0.29) is 0 Å². The van der Waals surface area contributed by atoms with Crippen molar-refractivity contribution in [3.8, 4) is 5.75 Å². The van der Waals surface area contributed by atoms with Crippen LogP contribution in [0.15, 0.2) is 18.2 Å². The van der Waals surface area contributed by atoms with Crippen LogP contribution in [0.25, 0.3) is 0 Å². The van der Waals surface area contributed by atoms with Gasteiger partial charge in [0.25, 0.3) is 0 Å². The van der Waals surface area contributed by atoms with Crippen molar-refractivity contribution >= 4 is 28.6 Å². The van der Waals surface area contributed by atoms with E-state index in [0.717, 1.165) is 15.6 Å². The Bertz CT molecular complexity index is 376. The normalized spacial score (nSPS) is 19.6. The summed E-state index contributed by atoms with van der Waals surface area (Å²) >= 11 is 2.23. The topological polar surface area (TPSA) is 46.5 Å². The maximum atomic E-state index is 10.7. The van der Waals surface area contributed by atoms with Crippen molar-refractivity contribution < 1.29 is 14.6 Å². The van der Waals surface area contributed by atoms with Crippen LogP contribution in [-0.2, 0) is 11.2 Å². The van der Waals surface area contributed by atoms with E-state index in [0.29, 0.717) is 12.2 Å². The average molecular weight is 304 g/mol. The number of hydrogen-bond acceptors (Lipinski definition) is 2. The fourth-order valence-electron chi connectivity index (χ4n) is 1.53. The number of fused-ring (bicyclic) bond motifs is 1. The molecule has 4 heteroatoms. The lowest BCUT2D eigenvalue weighted by molar-refractivity contribution is -0.145. The van der Waals surface area contributed by atoms with Crippen LogP contribution in [0.2, 0.25) is 0 Å². The van der Waals surface area contributed by atoms with E-state index in [2.05, 4.69) is 22.6 Å². The average Bonchev–Trinajstić information content (AvgIpc) is 2.16. The first kappa shape index (κ1) is 9.76. The first-order chi connectivity index (χ1) is 6.66. The van der Waals surface area contributed by atoms with Crippen LogP contribution in [0, 0.1) is 3.57 Å². The van der Waals surface area contributed by atoms with Crippen LogP contribution >= 0.6 is 22.6 Å². The molecule has 1 aromatic rings. The summed E-state index contributed by atoms with van der Waals surface area (Å²) in [4.78, 5) is 10.7. The van der Waals surface area contributed by atoms with E-state index >= 15 is 0 Å². The second-order valence-electron chi connectivity index (χ2n) is 3.24. The minimum absolute atomic E-state index is 0.558. The molecule has 1 heterocycles. The Morgan fingerprint density at radius 2 is 2.36 bits per heavy atom. The molecule has 0 aliphatic carbocycles. The molecule has 0 unspecified atom stereocenters. The summed E-state index contributed by atoms with van der Waals surface area (Å²) in [6.45, 7) is 0. The molecule has 14 heavy (non-hydrogen) atoms. The molecule has 0 bridgehead atoms. The van der Waals surface area contributed by atoms with Gasteiger partial charge in [-0.25, -0.2) is 4.79 Å². The van der Waals surface area contributed by atoms with Gasteiger partial charge < -0.3 is 9.84 Å². The van der Waals surface area contributed by atoms with Gasteiger partial charge in [-0.05, 0) is 59.2 Å². The smallest absolute Gasteiger partial charge is 0.344 e. The molecule has 0 saturated heterocycles. The quantitative estimate of drug-likeness (QED) is 0.808. The maximum Gasteiger partial charge on any atom is 0.344 e. The Hall–Kier alpha value is -0.780. The van der Waals surface area contributed by atoms with Crippen molar-refractivity contribution in [1.29, 1.82) is 0 Å². The highest BCUT2D eigenvalue weighted by Crippen LogP contribution is 2.28. The zero-order valence-electron chi connectivity index (χ0n) is 7.37. The number of carboxylic acids is 1. The molecule has 1 aliphatic rings. The van der Waals surface area contributed by atoms with E-state index < -0.39 is 12.1 Å². The fourth-order valence-corrected chi connectivity index (χ4v) is 2.09. The molecule has 1 aromatic carbocycles. The van der Waals surface area contributed by atoms with Crippen LogP contribution < -0.4 is 4.74 Å². The van der Waals surface area contributed by atoms with Gasteiger partial charge in [-0.3, -0.25) is 0 Å². The molecule has 1 atom stereocenters. The van der Waals surface area contributed by atoms with Crippen LogP contribution in [0.4, 0.5) is 0 Å². The minimum atomic E-state index is -0.880. The molecule has 74 valence electrons. The zero-order valence-corrected chi connectivity index (χ0v) is 9.52. The number of carboxylic acid groups (broad SMARTS) is 1. The van der Waals surface area contributed by atoms with Crippen LogP contribution in [0.1, 0.15) is 12.0 Å². The molecule has 3 nitrogen and oxygen atoms in total. The second-order valence-corrected chi connectivity index (χ2v) is 4.48. The number of carbonyl (C=O) groups is 1. The highest BCUT2D eigenvalue weighted by Gasteiger charge is 2.25. The number of aryl methyl sites for hydroxylation is 1. The number of hydrogen-bond donors (Lipinski definition) is 1. The van der Waals surface area contributed by atoms with Crippen LogP contribution in [-0.4, -0.2) is 17.2 Å². The molecule has 0 radical (unpaired) electrons. The molecular formula is C10H9IO3. The first-order valence-electron chi connectivity index (χ1n) is 4.35. The van der Waals surface area contributed by atoms with Crippen molar-refractivity contribution in [1.82, 2.24) is 0 Å². The predicted molar refractivity (Wildman–Crippen MR) is 59.5 cm³/mol. The maximum absolute atomic E-state index is 10.7. The largest absolute Gasteiger partial charge is 0.479 e. The van der Waals surface area contributed by atoms with E-state index in [1.807, 2.05) is 18.2 Å². The van der Waals surface area contributed by atoms with E-state index in [9.17, 15) is 4.79 Å². The summed E-state index contributed by atoms with van der Waals surface area (Å²) in [7, 11) is 0. The van der Waals surface area contributed by atoms with Crippen molar-refractivity contribution in [2.45, 2.75) is 18.9 Å². The van der Waals surface area contributed by atoms with Gasteiger partial charge in [-0.2, -0.15) is 0 Å². The van der Waals surface area contributed by atoms with Crippen molar-refractivity contribution in [3.63, 3.8) is 0 Å². The molecule has 0 spiro atoms. The molecule has 2 rings (SSSR count).